The Bertz CT molecular complexity index is 671. The number of aliphatic imine (C=N–C) groups is 1. The Morgan fingerprint density at radius 3 is 2.90 bits per heavy atom. The minimum atomic E-state index is -0.288. The fraction of sp³-hybridized carbons (Fsp3) is 0.125. The third-order valence-electron chi connectivity index (χ3n) is 3.23. The molecule has 1 amide bonds. The number of halogens is 1. The lowest BCUT2D eigenvalue weighted by Gasteiger charge is -2.24. The van der Waals surface area contributed by atoms with Crippen LogP contribution in [0.5, 0.6) is 0 Å². The van der Waals surface area contributed by atoms with E-state index in [0.717, 1.165) is 11.4 Å². The minimum absolute atomic E-state index is 0.227. The molecule has 0 unspecified atom stereocenters. The largest absolute Gasteiger partial charge is 0.347 e. The number of carbonyl (C=O) groups excluding carboxylic acids is 1. The normalized spacial score (nSPS) is 16.1. The van der Waals surface area contributed by atoms with Crippen LogP contribution < -0.4 is 5.32 Å². The predicted octanol–water partition coefficient (Wildman–Crippen LogP) is 2.12. The molecule has 106 valence electrons. The summed E-state index contributed by atoms with van der Waals surface area (Å²) in [6.07, 6.45) is 9.37. The average molecular weight is 283 g/mol. The molecule has 0 saturated carbocycles. The van der Waals surface area contributed by atoms with Crippen LogP contribution >= 0.6 is 0 Å². The van der Waals surface area contributed by atoms with Crippen molar-refractivity contribution in [1.82, 2.24) is 10.2 Å². The molecule has 0 aliphatic carbocycles. The lowest BCUT2D eigenvalue weighted by atomic mass is 10.2. The molecule has 21 heavy (non-hydrogen) atoms. The van der Waals surface area contributed by atoms with Crippen molar-refractivity contribution >= 4 is 11.7 Å². The number of hydrogen-bond donors (Lipinski definition) is 1. The zero-order valence-corrected chi connectivity index (χ0v) is 11.3. The molecular formula is C16H14FN3O. The molecular weight excluding hydrogens is 269 g/mol. The van der Waals surface area contributed by atoms with Crippen LogP contribution in [0.1, 0.15) is 5.56 Å². The summed E-state index contributed by atoms with van der Waals surface area (Å²) in [5, 5.41) is 2.79. The number of fused-ring (bicyclic) bond motifs is 1. The fourth-order valence-corrected chi connectivity index (χ4v) is 2.10. The van der Waals surface area contributed by atoms with E-state index in [1.54, 1.807) is 18.2 Å². The number of nitrogens with zero attached hydrogens (tertiary/aromatic N) is 2. The second-order valence-corrected chi connectivity index (χ2v) is 4.72. The summed E-state index contributed by atoms with van der Waals surface area (Å²) in [5.41, 5.74) is 1.25. The number of hydrogen-bond acceptors (Lipinski definition) is 3. The molecule has 0 atom stereocenters. The highest BCUT2D eigenvalue weighted by molar-refractivity contribution is 6.02. The molecule has 4 nitrogen and oxygen atoms in total. The second-order valence-electron chi connectivity index (χ2n) is 4.72. The molecule has 0 radical (unpaired) electrons. The zero-order valence-electron chi connectivity index (χ0n) is 11.3. The van der Waals surface area contributed by atoms with Crippen molar-refractivity contribution in [1.29, 1.82) is 0 Å². The quantitative estimate of drug-likeness (QED) is 0.923. The van der Waals surface area contributed by atoms with Gasteiger partial charge in [0, 0.05) is 19.3 Å². The molecule has 5 heteroatoms. The summed E-state index contributed by atoms with van der Waals surface area (Å²) in [6, 6.07) is 6.04. The molecule has 2 aliphatic rings. The van der Waals surface area contributed by atoms with Gasteiger partial charge in [-0.3, -0.25) is 4.79 Å². The van der Waals surface area contributed by atoms with Gasteiger partial charge in [0.05, 0.1) is 0 Å². The van der Waals surface area contributed by atoms with Crippen LogP contribution in [0.3, 0.4) is 0 Å². The van der Waals surface area contributed by atoms with Gasteiger partial charge in [-0.1, -0.05) is 18.2 Å². The van der Waals surface area contributed by atoms with Crippen molar-refractivity contribution in [3.8, 4) is 0 Å². The highest BCUT2D eigenvalue weighted by Gasteiger charge is 2.17. The number of rotatable bonds is 3. The number of amidine groups is 1. The molecule has 1 aromatic rings. The van der Waals surface area contributed by atoms with E-state index in [4.69, 9.17) is 0 Å². The number of amides is 1. The van der Waals surface area contributed by atoms with Crippen LogP contribution in [0.15, 0.2) is 65.5 Å². The van der Waals surface area contributed by atoms with E-state index >= 15 is 0 Å². The smallest absolute Gasteiger partial charge is 0.269 e. The van der Waals surface area contributed by atoms with Crippen LogP contribution in [0.2, 0.25) is 0 Å². The van der Waals surface area contributed by atoms with Gasteiger partial charge in [-0.25, -0.2) is 9.38 Å². The Labute approximate surface area is 122 Å². The Kier molecular flexibility index (Phi) is 3.64. The zero-order chi connectivity index (χ0) is 14.7. The highest BCUT2D eigenvalue weighted by atomic mass is 19.1. The maximum Gasteiger partial charge on any atom is 0.269 e. The summed E-state index contributed by atoms with van der Waals surface area (Å²) in [7, 11) is 0. The van der Waals surface area contributed by atoms with Crippen molar-refractivity contribution in [2.75, 3.05) is 6.54 Å². The monoisotopic (exact) mass is 283 g/mol. The highest BCUT2D eigenvalue weighted by Crippen LogP contribution is 2.13. The minimum Gasteiger partial charge on any atom is -0.347 e. The van der Waals surface area contributed by atoms with E-state index in [-0.39, 0.29) is 11.7 Å². The Morgan fingerprint density at radius 2 is 2.10 bits per heavy atom. The van der Waals surface area contributed by atoms with E-state index in [1.165, 1.54) is 12.1 Å². The molecule has 3 rings (SSSR count). The topological polar surface area (TPSA) is 44.7 Å². The SMILES string of the molecule is O=C(NCc1ccc(F)cc1)C1=CCN2C=CC=CC2=N1. The summed E-state index contributed by atoms with van der Waals surface area (Å²) < 4.78 is 12.8. The molecule has 1 N–H and O–H groups in total. The Morgan fingerprint density at radius 1 is 1.29 bits per heavy atom. The molecule has 1 aromatic carbocycles. The predicted molar refractivity (Wildman–Crippen MR) is 78.8 cm³/mol. The summed E-state index contributed by atoms with van der Waals surface area (Å²) in [6.45, 7) is 0.972. The third kappa shape index (κ3) is 3.08. The number of benzene rings is 1. The van der Waals surface area contributed by atoms with E-state index in [2.05, 4.69) is 10.3 Å². The molecule has 0 saturated heterocycles. The van der Waals surface area contributed by atoms with Crippen molar-refractivity contribution < 1.29 is 9.18 Å². The van der Waals surface area contributed by atoms with Gasteiger partial charge in [-0.2, -0.15) is 0 Å². The fourth-order valence-electron chi connectivity index (χ4n) is 2.10. The first-order valence-corrected chi connectivity index (χ1v) is 6.65. The Balaban J connectivity index is 1.62. The summed E-state index contributed by atoms with van der Waals surface area (Å²) in [5.74, 6) is 0.241. The number of allylic oxidation sites excluding steroid dienone is 2. The summed E-state index contributed by atoms with van der Waals surface area (Å²) in [4.78, 5) is 18.4. The molecule has 2 heterocycles. The molecule has 0 aromatic heterocycles. The number of nitrogens with one attached hydrogen (secondary N) is 1. The molecule has 0 bridgehead atoms. The van der Waals surface area contributed by atoms with Gasteiger partial charge < -0.3 is 10.2 Å². The van der Waals surface area contributed by atoms with E-state index in [0.29, 0.717) is 18.8 Å². The number of carbonyl (C=O) groups is 1. The van der Waals surface area contributed by atoms with Crippen molar-refractivity contribution in [3.05, 3.63) is 71.8 Å². The standard InChI is InChI=1S/C16H14FN3O/c17-13-6-4-12(5-7-13)11-18-16(21)14-8-10-20-9-2-1-3-15(20)19-14/h1-9H,10-11H2,(H,18,21). The van der Waals surface area contributed by atoms with Crippen LogP contribution in [-0.2, 0) is 11.3 Å². The first-order valence-electron chi connectivity index (χ1n) is 6.65. The first-order chi connectivity index (χ1) is 10.2. The molecule has 0 fully saturated rings. The van der Waals surface area contributed by atoms with Crippen LogP contribution in [0, 0.1) is 5.82 Å². The maximum absolute atomic E-state index is 12.8. The van der Waals surface area contributed by atoms with Crippen LogP contribution in [0.25, 0.3) is 0 Å². The Hall–Kier alpha value is -2.69. The van der Waals surface area contributed by atoms with Crippen molar-refractivity contribution in [2.24, 2.45) is 4.99 Å². The van der Waals surface area contributed by atoms with Gasteiger partial charge in [-0.05, 0) is 35.9 Å². The van der Waals surface area contributed by atoms with Crippen LogP contribution in [-0.4, -0.2) is 23.2 Å². The third-order valence-corrected chi connectivity index (χ3v) is 3.23. The van der Waals surface area contributed by atoms with Gasteiger partial charge >= 0.3 is 0 Å². The second kappa shape index (κ2) is 5.75. The van der Waals surface area contributed by atoms with Gasteiger partial charge in [0.1, 0.15) is 17.3 Å². The molecule has 2 aliphatic heterocycles. The van der Waals surface area contributed by atoms with E-state index < -0.39 is 0 Å². The van der Waals surface area contributed by atoms with Gasteiger partial charge in [0.15, 0.2) is 0 Å². The van der Waals surface area contributed by atoms with E-state index in [9.17, 15) is 9.18 Å². The lowest BCUT2D eigenvalue weighted by Crippen LogP contribution is -2.32. The summed E-state index contributed by atoms with van der Waals surface area (Å²) >= 11 is 0. The first kappa shape index (κ1) is 13.3. The van der Waals surface area contributed by atoms with Gasteiger partial charge in [-0.15, -0.1) is 0 Å². The lowest BCUT2D eigenvalue weighted by molar-refractivity contribution is -0.117. The van der Waals surface area contributed by atoms with Gasteiger partial charge in [0.25, 0.3) is 5.91 Å². The van der Waals surface area contributed by atoms with Crippen molar-refractivity contribution in [3.63, 3.8) is 0 Å². The van der Waals surface area contributed by atoms with Crippen LogP contribution in [0.4, 0.5) is 4.39 Å². The van der Waals surface area contributed by atoms with Gasteiger partial charge in [0.2, 0.25) is 0 Å². The van der Waals surface area contributed by atoms with E-state index in [1.807, 2.05) is 29.3 Å². The molecule has 0 spiro atoms. The average Bonchev–Trinajstić information content (AvgIpc) is 2.53. The maximum atomic E-state index is 12.8. The van der Waals surface area contributed by atoms with Crippen molar-refractivity contribution in [2.45, 2.75) is 6.54 Å².